The van der Waals surface area contributed by atoms with E-state index in [9.17, 15) is 14.4 Å². The summed E-state index contributed by atoms with van der Waals surface area (Å²) in [6.07, 6.45) is 0.0920. The molecule has 0 bridgehead atoms. The van der Waals surface area contributed by atoms with E-state index in [0.717, 1.165) is 5.56 Å². The molecule has 1 fully saturated rings. The van der Waals surface area contributed by atoms with Crippen molar-refractivity contribution < 1.29 is 28.6 Å². The maximum absolute atomic E-state index is 12.0. The Hall–Kier alpha value is -3.84. The molecule has 1 saturated heterocycles. The van der Waals surface area contributed by atoms with Gasteiger partial charge in [0, 0.05) is 11.4 Å². The first kappa shape index (κ1) is 21.4. The van der Waals surface area contributed by atoms with Crippen LogP contribution in [0.1, 0.15) is 22.8 Å². The normalized spacial score (nSPS) is 17.4. The van der Waals surface area contributed by atoms with Crippen LogP contribution in [0.25, 0.3) is 0 Å². The summed E-state index contributed by atoms with van der Waals surface area (Å²) in [5.41, 5.74) is -0.257. The Morgan fingerprint density at radius 3 is 2.38 bits per heavy atom. The Morgan fingerprint density at radius 2 is 1.69 bits per heavy atom. The third-order valence-electron chi connectivity index (χ3n) is 4.84. The standard InChI is InChI=1S/C24H18ClNO6/c1-24(22(28)26-23(29)32-24)13-15-3-2-4-19(11-15)31-21-10-9-20(12-16(21)14-27)30-18-7-5-17(25)6-8-18/h2-12,14H,13H2,1H3,(H,26,28,29)/t24-/m1/s1. The molecule has 0 unspecified atom stereocenters. The van der Waals surface area contributed by atoms with Crippen molar-refractivity contribution in [2.45, 2.75) is 18.9 Å². The fraction of sp³-hybridized carbons (Fsp3) is 0.125. The smallest absolute Gasteiger partial charge is 0.415 e. The minimum atomic E-state index is -1.29. The van der Waals surface area contributed by atoms with Gasteiger partial charge in [-0.1, -0.05) is 23.7 Å². The molecule has 2 amide bonds. The Morgan fingerprint density at radius 1 is 0.969 bits per heavy atom. The van der Waals surface area contributed by atoms with Crippen molar-refractivity contribution in [3.05, 3.63) is 82.9 Å². The molecule has 3 aromatic carbocycles. The molecular formula is C24H18ClNO6. The molecule has 0 spiro atoms. The van der Waals surface area contributed by atoms with Crippen LogP contribution in [0.4, 0.5) is 4.79 Å². The molecule has 1 aliphatic rings. The van der Waals surface area contributed by atoms with Gasteiger partial charge in [0.15, 0.2) is 11.9 Å². The van der Waals surface area contributed by atoms with E-state index in [1.54, 1.807) is 73.7 Å². The molecule has 0 aromatic heterocycles. The number of hydrogen-bond donors (Lipinski definition) is 1. The molecule has 1 N–H and O–H groups in total. The van der Waals surface area contributed by atoms with Crippen molar-refractivity contribution in [3.63, 3.8) is 0 Å². The summed E-state index contributed by atoms with van der Waals surface area (Å²) in [5.74, 6) is 1.37. The predicted octanol–water partition coefficient (Wildman–Crippen LogP) is 5.30. The van der Waals surface area contributed by atoms with E-state index in [1.807, 2.05) is 0 Å². The zero-order valence-corrected chi connectivity index (χ0v) is 17.7. The third kappa shape index (κ3) is 4.73. The van der Waals surface area contributed by atoms with E-state index in [-0.39, 0.29) is 6.42 Å². The first-order valence-electron chi connectivity index (χ1n) is 9.68. The van der Waals surface area contributed by atoms with E-state index < -0.39 is 17.6 Å². The molecule has 3 aromatic rings. The average Bonchev–Trinajstić information content (AvgIpc) is 3.01. The molecule has 1 heterocycles. The number of alkyl carbamates (subject to hydrolysis) is 1. The lowest BCUT2D eigenvalue weighted by atomic mass is 9.96. The first-order chi connectivity index (χ1) is 15.3. The molecule has 32 heavy (non-hydrogen) atoms. The quantitative estimate of drug-likeness (QED) is 0.490. The lowest BCUT2D eigenvalue weighted by Gasteiger charge is -2.19. The van der Waals surface area contributed by atoms with Crippen LogP contribution < -0.4 is 14.8 Å². The van der Waals surface area contributed by atoms with Gasteiger partial charge in [-0.3, -0.25) is 14.9 Å². The number of nitrogens with one attached hydrogen (secondary N) is 1. The number of benzene rings is 3. The topological polar surface area (TPSA) is 90.9 Å². The van der Waals surface area contributed by atoms with Crippen LogP contribution in [-0.2, 0) is 16.0 Å². The minimum absolute atomic E-state index is 0.177. The summed E-state index contributed by atoms with van der Waals surface area (Å²) in [6, 6.07) is 18.7. The summed E-state index contributed by atoms with van der Waals surface area (Å²) >= 11 is 5.88. The van der Waals surface area contributed by atoms with Gasteiger partial charge in [-0.05, 0) is 67.1 Å². The van der Waals surface area contributed by atoms with Gasteiger partial charge < -0.3 is 14.2 Å². The van der Waals surface area contributed by atoms with Gasteiger partial charge in [-0.2, -0.15) is 0 Å². The second-order valence-electron chi connectivity index (χ2n) is 7.37. The number of cyclic esters (lactones) is 1. The van der Waals surface area contributed by atoms with Crippen molar-refractivity contribution in [3.8, 4) is 23.0 Å². The zero-order chi connectivity index (χ0) is 22.7. The van der Waals surface area contributed by atoms with Gasteiger partial charge in [0.2, 0.25) is 0 Å². The fourth-order valence-corrected chi connectivity index (χ4v) is 3.39. The summed E-state index contributed by atoms with van der Waals surface area (Å²) in [7, 11) is 0. The molecule has 4 rings (SSSR count). The van der Waals surface area contributed by atoms with Gasteiger partial charge in [0.25, 0.3) is 5.91 Å². The van der Waals surface area contributed by atoms with E-state index >= 15 is 0 Å². The van der Waals surface area contributed by atoms with Gasteiger partial charge in [0.05, 0.1) is 5.56 Å². The highest BCUT2D eigenvalue weighted by molar-refractivity contribution is 6.30. The monoisotopic (exact) mass is 451 g/mol. The molecule has 1 atom stereocenters. The lowest BCUT2D eigenvalue weighted by Crippen LogP contribution is -2.38. The van der Waals surface area contributed by atoms with Gasteiger partial charge in [0.1, 0.15) is 23.0 Å². The van der Waals surface area contributed by atoms with Crippen LogP contribution in [0.3, 0.4) is 0 Å². The number of imide groups is 1. The summed E-state index contributed by atoms with van der Waals surface area (Å²) < 4.78 is 16.8. The molecule has 0 radical (unpaired) electrons. The van der Waals surface area contributed by atoms with Crippen molar-refractivity contribution in [1.29, 1.82) is 0 Å². The molecule has 8 heteroatoms. The fourth-order valence-electron chi connectivity index (χ4n) is 3.27. The largest absolute Gasteiger partial charge is 0.457 e. The summed E-state index contributed by atoms with van der Waals surface area (Å²) in [4.78, 5) is 35.0. The van der Waals surface area contributed by atoms with E-state index in [0.29, 0.717) is 39.9 Å². The van der Waals surface area contributed by atoms with Crippen molar-refractivity contribution in [1.82, 2.24) is 5.32 Å². The van der Waals surface area contributed by atoms with Gasteiger partial charge in [-0.15, -0.1) is 0 Å². The maximum Gasteiger partial charge on any atom is 0.415 e. The number of rotatable bonds is 7. The number of ether oxygens (including phenoxy) is 3. The number of carbonyl (C=O) groups is 3. The molecule has 162 valence electrons. The second kappa shape index (κ2) is 8.72. The van der Waals surface area contributed by atoms with Crippen LogP contribution in [0.15, 0.2) is 66.7 Å². The molecular weight excluding hydrogens is 434 g/mol. The summed E-state index contributed by atoms with van der Waals surface area (Å²) in [6.45, 7) is 1.55. The molecule has 0 aliphatic carbocycles. The van der Waals surface area contributed by atoms with E-state index in [2.05, 4.69) is 5.32 Å². The number of carbonyl (C=O) groups excluding carboxylic acids is 3. The third-order valence-corrected chi connectivity index (χ3v) is 5.09. The Bertz CT molecular complexity index is 1190. The maximum atomic E-state index is 12.0. The first-order valence-corrected chi connectivity index (χ1v) is 10.1. The highest BCUT2D eigenvalue weighted by atomic mass is 35.5. The van der Waals surface area contributed by atoms with Crippen molar-refractivity contribution in [2.24, 2.45) is 0 Å². The Balaban J connectivity index is 1.50. The van der Waals surface area contributed by atoms with E-state index in [4.69, 9.17) is 25.8 Å². The number of aldehydes is 1. The van der Waals surface area contributed by atoms with Crippen LogP contribution in [0, 0.1) is 0 Å². The highest BCUT2D eigenvalue weighted by Gasteiger charge is 2.44. The highest BCUT2D eigenvalue weighted by Crippen LogP contribution is 2.32. The molecule has 0 saturated carbocycles. The van der Waals surface area contributed by atoms with Crippen molar-refractivity contribution >= 4 is 29.9 Å². The molecule has 7 nitrogen and oxygen atoms in total. The summed E-state index contributed by atoms with van der Waals surface area (Å²) in [5, 5.41) is 2.73. The minimum Gasteiger partial charge on any atom is -0.457 e. The van der Waals surface area contributed by atoms with Crippen molar-refractivity contribution in [2.75, 3.05) is 0 Å². The van der Waals surface area contributed by atoms with Crippen LogP contribution >= 0.6 is 11.6 Å². The number of halogens is 1. The molecule has 1 aliphatic heterocycles. The SMILES string of the molecule is C[C@]1(Cc2cccc(Oc3ccc(Oc4ccc(Cl)cc4)cc3C=O)c2)OC(=O)NC1=O. The van der Waals surface area contributed by atoms with E-state index in [1.165, 1.54) is 0 Å². The Labute approximate surface area is 188 Å². The second-order valence-corrected chi connectivity index (χ2v) is 7.81. The van der Waals surface area contributed by atoms with Gasteiger partial charge in [-0.25, -0.2) is 4.79 Å². The lowest BCUT2D eigenvalue weighted by molar-refractivity contribution is -0.129. The van der Waals surface area contributed by atoms with Crippen LogP contribution in [0.5, 0.6) is 23.0 Å². The Kier molecular flexibility index (Phi) is 5.83. The average molecular weight is 452 g/mol. The van der Waals surface area contributed by atoms with Gasteiger partial charge >= 0.3 is 6.09 Å². The van der Waals surface area contributed by atoms with Crippen LogP contribution in [0.2, 0.25) is 5.02 Å². The predicted molar refractivity (Wildman–Crippen MR) is 117 cm³/mol. The zero-order valence-electron chi connectivity index (χ0n) is 17.0. The van der Waals surface area contributed by atoms with Crippen LogP contribution in [-0.4, -0.2) is 23.9 Å². The number of hydrogen-bond acceptors (Lipinski definition) is 6. The number of amides is 2.